The van der Waals surface area contributed by atoms with Gasteiger partial charge in [-0.3, -0.25) is 4.90 Å². The van der Waals surface area contributed by atoms with Crippen molar-refractivity contribution in [3.63, 3.8) is 0 Å². The number of hydrogen-bond donors (Lipinski definition) is 1. The van der Waals surface area contributed by atoms with Crippen molar-refractivity contribution >= 4 is 0 Å². The van der Waals surface area contributed by atoms with E-state index in [-0.39, 0.29) is 11.9 Å². The molecule has 2 N–H and O–H groups in total. The maximum atomic E-state index is 13.3. The molecule has 0 bridgehead atoms. The second-order valence-electron chi connectivity index (χ2n) is 5.63. The Morgan fingerprint density at radius 3 is 2.61 bits per heavy atom. The summed E-state index contributed by atoms with van der Waals surface area (Å²) in [6.07, 6.45) is 2.50. The third-order valence-corrected chi connectivity index (χ3v) is 3.45. The van der Waals surface area contributed by atoms with Crippen LogP contribution < -0.4 is 5.73 Å². The Bertz CT molecular complexity index is 388. The molecule has 100 valence electrons. The summed E-state index contributed by atoms with van der Waals surface area (Å²) in [5.41, 5.74) is 6.94. The lowest BCUT2D eigenvalue weighted by Crippen LogP contribution is -2.38. The summed E-state index contributed by atoms with van der Waals surface area (Å²) in [7, 11) is 0. The lowest BCUT2D eigenvalue weighted by Gasteiger charge is -2.32. The Morgan fingerprint density at radius 1 is 1.39 bits per heavy atom. The van der Waals surface area contributed by atoms with Crippen LogP contribution in [-0.4, -0.2) is 24.0 Å². The predicted molar refractivity (Wildman–Crippen MR) is 72.8 cm³/mol. The van der Waals surface area contributed by atoms with E-state index in [0.29, 0.717) is 18.5 Å². The Hall–Kier alpha value is -0.930. The SMILES string of the molecule is CC(C)CN(C1CC1)C(CN)c1cccc(F)c1. The zero-order valence-corrected chi connectivity index (χ0v) is 11.3. The van der Waals surface area contributed by atoms with Gasteiger partial charge in [-0.2, -0.15) is 0 Å². The molecule has 18 heavy (non-hydrogen) atoms. The molecule has 0 aromatic heterocycles. The summed E-state index contributed by atoms with van der Waals surface area (Å²) in [6.45, 7) is 6.01. The summed E-state index contributed by atoms with van der Waals surface area (Å²) in [4.78, 5) is 2.46. The highest BCUT2D eigenvalue weighted by molar-refractivity contribution is 5.21. The molecule has 3 heteroatoms. The van der Waals surface area contributed by atoms with Gasteiger partial charge in [-0.1, -0.05) is 26.0 Å². The number of nitrogens with two attached hydrogens (primary N) is 1. The molecule has 0 aliphatic heterocycles. The van der Waals surface area contributed by atoms with Crippen molar-refractivity contribution in [3.8, 4) is 0 Å². The first-order chi connectivity index (χ1) is 8.61. The van der Waals surface area contributed by atoms with E-state index in [2.05, 4.69) is 18.7 Å². The zero-order chi connectivity index (χ0) is 13.1. The van der Waals surface area contributed by atoms with Crippen LogP contribution in [0.25, 0.3) is 0 Å². The second kappa shape index (κ2) is 5.81. The van der Waals surface area contributed by atoms with E-state index in [1.807, 2.05) is 6.07 Å². The fourth-order valence-electron chi connectivity index (χ4n) is 2.54. The largest absolute Gasteiger partial charge is 0.329 e. The van der Waals surface area contributed by atoms with Gasteiger partial charge in [0.25, 0.3) is 0 Å². The minimum atomic E-state index is -0.175. The minimum absolute atomic E-state index is 0.149. The van der Waals surface area contributed by atoms with Crippen molar-refractivity contribution in [1.82, 2.24) is 4.90 Å². The lowest BCUT2D eigenvalue weighted by molar-refractivity contribution is 0.169. The molecule has 0 saturated heterocycles. The van der Waals surface area contributed by atoms with E-state index in [1.165, 1.54) is 18.9 Å². The van der Waals surface area contributed by atoms with Crippen LogP contribution >= 0.6 is 0 Å². The van der Waals surface area contributed by atoms with Crippen LogP contribution in [0, 0.1) is 11.7 Å². The smallest absolute Gasteiger partial charge is 0.123 e. The number of hydrogen-bond acceptors (Lipinski definition) is 2. The average molecular weight is 250 g/mol. The molecule has 1 atom stereocenters. The van der Waals surface area contributed by atoms with E-state index >= 15 is 0 Å². The molecular weight excluding hydrogens is 227 g/mol. The highest BCUT2D eigenvalue weighted by Gasteiger charge is 2.34. The monoisotopic (exact) mass is 250 g/mol. The van der Waals surface area contributed by atoms with Crippen molar-refractivity contribution in [2.45, 2.75) is 38.8 Å². The maximum absolute atomic E-state index is 13.3. The molecule has 1 aromatic carbocycles. The first-order valence-electron chi connectivity index (χ1n) is 6.83. The van der Waals surface area contributed by atoms with Crippen molar-refractivity contribution in [3.05, 3.63) is 35.6 Å². The van der Waals surface area contributed by atoms with Gasteiger partial charge in [0, 0.05) is 25.2 Å². The quantitative estimate of drug-likeness (QED) is 0.841. The van der Waals surface area contributed by atoms with E-state index in [9.17, 15) is 4.39 Å². The lowest BCUT2D eigenvalue weighted by atomic mass is 10.0. The number of benzene rings is 1. The van der Waals surface area contributed by atoms with Crippen LogP contribution in [0.1, 0.15) is 38.3 Å². The number of nitrogens with zero attached hydrogens (tertiary/aromatic N) is 1. The number of rotatable bonds is 6. The fraction of sp³-hybridized carbons (Fsp3) is 0.600. The van der Waals surface area contributed by atoms with Gasteiger partial charge in [0.15, 0.2) is 0 Å². The highest BCUT2D eigenvalue weighted by Crippen LogP contribution is 2.34. The van der Waals surface area contributed by atoms with Gasteiger partial charge in [0.2, 0.25) is 0 Å². The van der Waals surface area contributed by atoms with Gasteiger partial charge >= 0.3 is 0 Å². The molecule has 1 aliphatic rings. The molecule has 1 saturated carbocycles. The summed E-state index contributed by atoms with van der Waals surface area (Å²) < 4.78 is 13.3. The zero-order valence-electron chi connectivity index (χ0n) is 11.3. The van der Waals surface area contributed by atoms with Gasteiger partial charge in [-0.15, -0.1) is 0 Å². The molecular formula is C15H23FN2. The standard InChI is InChI=1S/C15H23FN2/c1-11(2)10-18(14-6-7-14)15(9-17)12-4-3-5-13(16)8-12/h3-5,8,11,14-15H,6-7,9-10,17H2,1-2H3. The van der Waals surface area contributed by atoms with Gasteiger partial charge in [-0.05, 0) is 36.5 Å². The van der Waals surface area contributed by atoms with Crippen molar-refractivity contribution in [2.75, 3.05) is 13.1 Å². The van der Waals surface area contributed by atoms with Crippen molar-refractivity contribution < 1.29 is 4.39 Å². The van der Waals surface area contributed by atoms with Crippen molar-refractivity contribution in [2.24, 2.45) is 11.7 Å². The van der Waals surface area contributed by atoms with Crippen LogP contribution in [0.15, 0.2) is 24.3 Å². The highest BCUT2D eigenvalue weighted by atomic mass is 19.1. The Labute approximate surface area is 109 Å². The molecule has 1 aromatic rings. The fourth-order valence-corrected chi connectivity index (χ4v) is 2.54. The van der Waals surface area contributed by atoms with Gasteiger partial charge in [-0.25, -0.2) is 4.39 Å². The molecule has 1 aliphatic carbocycles. The van der Waals surface area contributed by atoms with Gasteiger partial charge in [0.05, 0.1) is 0 Å². The minimum Gasteiger partial charge on any atom is -0.329 e. The van der Waals surface area contributed by atoms with Crippen LogP contribution in [-0.2, 0) is 0 Å². The summed E-state index contributed by atoms with van der Waals surface area (Å²) in [6, 6.07) is 7.65. The summed E-state index contributed by atoms with van der Waals surface area (Å²) in [5.74, 6) is 0.430. The van der Waals surface area contributed by atoms with E-state index in [0.717, 1.165) is 12.1 Å². The van der Waals surface area contributed by atoms with Crippen molar-refractivity contribution in [1.29, 1.82) is 0 Å². The molecule has 2 rings (SSSR count). The Balaban J connectivity index is 2.19. The third-order valence-electron chi connectivity index (χ3n) is 3.45. The van der Waals surface area contributed by atoms with Gasteiger partial charge < -0.3 is 5.73 Å². The van der Waals surface area contributed by atoms with Crippen LogP contribution in [0.5, 0.6) is 0 Å². The molecule has 0 amide bonds. The Morgan fingerprint density at radius 2 is 2.11 bits per heavy atom. The average Bonchev–Trinajstić information content (AvgIpc) is 3.12. The van der Waals surface area contributed by atoms with Crippen LogP contribution in [0.4, 0.5) is 4.39 Å². The van der Waals surface area contributed by atoms with Gasteiger partial charge in [0.1, 0.15) is 5.82 Å². The maximum Gasteiger partial charge on any atom is 0.123 e. The normalized spacial score (nSPS) is 17.4. The van der Waals surface area contributed by atoms with E-state index < -0.39 is 0 Å². The first-order valence-corrected chi connectivity index (χ1v) is 6.83. The Kier molecular flexibility index (Phi) is 4.36. The topological polar surface area (TPSA) is 29.3 Å². The molecule has 0 heterocycles. The predicted octanol–water partition coefficient (Wildman–Crippen LogP) is 2.95. The third kappa shape index (κ3) is 3.30. The first kappa shape index (κ1) is 13.5. The van der Waals surface area contributed by atoms with E-state index in [1.54, 1.807) is 12.1 Å². The van der Waals surface area contributed by atoms with Crippen LogP contribution in [0.3, 0.4) is 0 Å². The molecule has 0 radical (unpaired) electrons. The molecule has 0 spiro atoms. The summed E-state index contributed by atoms with van der Waals surface area (Å²) in [5, 5.41) is 0. The number of halogens is 1. The second-order valence-corrected chi connectivity index (χ2v) is 5.63. The summed E-state index contributed by atoms with van der Waals surface area (Å²) >= 11 is 0. The molecule has 1 unspecified atom stereocenters. The molecule has 1 fully saturated rings. The van der Waals surface area contributed by atoms with E-state index in [4.69, 9.17) is 5.73 Å². The van der Waals surface area contributed by atoms with Crippen LogP contribution in [0.2, 0.25) is 0 Å². The molecule has 2 nitrogen and oxygen atoms in total.